The standard InChI is InChI=1S/C19H32N6O.2ClH/c1-15-2-4-16(5-3-15)23-10-12-24(13-11-23)19(26)18-14-25(22-21-18)17-6-8-20-9-7-17;;/h14-17,20H,2-13H2,1H3;2*1H. The lowest BCUT2D eigenvalue weighted by atomic mass is 9.86. The van der Waals surface area contributed by atoms with Crippen LogP contribution in [0, 0.1) is 5.92 Å². The summed E-state index contributed by atoms with van der Waals surface area (Å²) in [5.41, 5.74) is 0.503. The van der Waals surface area contributed by atoms with Crippen LogP contribution in [0.5, 0.6) is 0 Å². The SMILES string of the molecule is CC1CCC(N2CCN(C(=O)c3cn(C4CCNCC4)nn3)CC2)CC1.Cl.Cl. The van der Waals surface area contributed by atoms with Crippen molar-refractivity contribution in [3.05, 3.63) is 11.9 Å². The molecule has 1 amide bonds. The van der Waals surface area contributed by atoms with Crippen LogP contribution in [0.1, 0.15) is 62.0 Å². The predicted molar refractivity (Wildman–Crippen MR) is 115 cm³/mol. The molecule has 2 aliphatic heterocycles. The van der Waals surface area contributed by atoms with E-state index in [9.17, 15) is 4.79 Å². The lowest BCUT2D eigenvalue weighted by Crippen LogP contribution is -2.52. The number of carbonyl (C=O) groups excluding carboxylic acids is 1. The third-order valence-corrected chi connectivity index (χ3v) is 6.52. The summed E-state index contributed by atoms with van der Waals surface area (Å²) < 4.78 is 1.90. The van der Waals surface area contributed by atoms with Gasteiger partial charge in [-0.1, -0.05) is 12.1 Å². The predicted octanol–water partition coefficient (Wildman–Crippen LogP) is 2.38. The van der Waals surface area contributed by atoms with Gasteiger partial charge in [-0.15, -0.1) is 29.9 Å². The number of piperidine rings is 1. The number of halogens is 2. The van der Waals surface area contributed by atoms with Gasteiger partial charge < -0.3 is 10.2 Å². The average molecular weight is 433 g/mol. The van der Waals surface area contributed by atoms with Gasteiger partial charge in [0.2, 0.25) is 0 Å². The second kappa shape index (κ2) is 10.8. The quantitative estimate of drug-likeness (QED) is 0.793. The monoisotopic (exact) mass is 432 g/mol. The Morgan fingerprint density at radius 1 is 0.964 bits per heavy atom. The fourth-order valence-electron chi connectivity index (χ4n) is 4.68. The van der Waals surface area contributed by atoms with Gasteiger partial charge in [-0.2, -0.15) is 0 Å². The zero-order valence-electron chi connectivity index (χ0n) is 16.8. The zero-order chi connectivity index (χ0) is 17.9. The van der Waals surface area contributed by atoms with Crippen molar-refractivity contribution >= 4 is 30.7 Å². The van der Waals surface area contributed by atoms with Gasteiger partial charge in [0, 0.05) is 32.2 Å². The number of hydrogen-bond acceptors (Lipinski definition) is 5. The number of nitrogens with zero attached hydrogens (tertiary/aromatic N) is 5. The first-order valence-electron chi connectivity index (χ1n) is 10.4. The highest BCUT2D eigenvalue weighted by atomic mass is 35.5. The van der Waals surface area contributed by atoms with E-state index in [4.69, 9.17) is 0 Å². The van der Waals surface area contributed by atoms with Gasteiger partial charge in [0.15, 0.2) is 5.69 Å². The highest BCUT2D eigenvalue weighted by Gasteiger charge is 2.30. The summed E-state index contributed by atoms with van der Waals surface area (Å²) in [6, 6.07) is 1.10. The number of hydrogen-bond donors (Lipinski definition) is 1. The van der Waals surface area contributed by atoms with Gasteiger partial charge in [-0.05, 0) is 57.5 Å². The smallest absolute Gasteiger partial charge is 0.276 e. The summed E-state index contributed by atoms with van der Waals surface area (Å²) >= 11 is 0. The van der Waals surface area contributed by atoms with E-state index in [-0.39, 0.29) is 30.7 Å². The molecule has 160 valence electrons. The third kappa shape index (κ3) is 5.38. The molecular formula is C19H34Cl2N6O. The number of rotatable bonds is 3. The van der Waals surface area contributed by atoms with Crippen LogP contribution in [-0.4, -0.2) is 76.0 Å². The van der Waals surface area contributed by atoms with Crippen LogP contribution in [-0.2, 0) is 0 Å². The van der Waals surface area contributed by atoms with Gasteiger partial charge in [-0.3, -0.25) is 9.69 Å². The van der Waals surface area contributed by atoms with Crippen molar-refractivity contribution in [2.45, 2.75) is 57.5 Å². The minimum Gasteiger partial charge on any atom is -0.335 e. The lowest BCUT2D eigenvalue weighted by Gasteiger charge is -2.41. The maximum atomic E-state index is 12.8. The second-order valence-corrected chi connectivity index (χ2v) is 8.31. The number of carbonyl (C=O) groups is 1. The number of aromatic nitrogens is 3. The number of amides is 1. The molecule has 3 fully saturated rings. The minimum absolute atomic E-state index is 0. The largest absolute Gasteiger partial charge is 0.335 e. The van der Waals surface area contributed by atoms with Crippen LogP contribution in [0.25, 0.3) is 0 Å². The molecule has 0 bridgehead atoms. The molecule has 4 rings (SSSR count). The topological polar surface area (TPSA) is 66.3 Å². The van der Waals surface area contributed by atoms with Gasteiger partial charge in [0.05, 0.1) is 12.2 Å². The zero-order valence-corrected chi connectivity index (χ0v) is 18.4. The molecule has 28 heavy (non-hydrogen) atoms. The van der Waals surface area contributed by atoms with Crippen LogP contribution >= 0.6 is 24.8 Å². The number of nitrogens with one attached hydrogen (secondary N) is 1. The van der Waals surface area contributed by atoms with E-state index in [1.807, 2.05) is 15.8 Å². The molecule has 1 aromatic heterocycles. The Balaban J connectivity index is 0.00000140. The van der Waals surface area contributed by atoms with E-state index in [2.05, 4.69) is 27.5 Å². The van der Waals surface area contributed by atoms with E-state index in [1.54, 1.807) is 0 Å². The van der Waals surface area contributed by atoms with Crippen molar-refractivity contribution in [2.75, 3.05) is 39.3 Å². The molecule has 7 nitrogen and oxygen atoms in total. The molecule has 1 N–H and O–H groups in total. The molecule has 1 aromatic rings. The molecule has 0 spiro atoms. The first-order valence-corrected chi connectivity index (χ1v) is 10.4. The number of piperazine rings is 1. The van der Waals surface area contributed by atoms with Crippen molar-refractivity contribution in [3.8, 4) is 0 Å². The molecule has 1 saturated carbocycles. The summed E-state index contributed by atoms with van der Waals surface area (Å²) in [7, 11) is 0. The summed E-state index contributed by atoms with van der Waals surface area (Å²) in [6.07, 6.45) is 9.30. The molecule has 0 atom stereocenters. The summed E-state index contributed by atoms with van der Waals surface area (Å²) in [5.74, 6) is 0.929. The van der Waals surface area contributed by atoms with Crippen LogP contribution < -0.4 is 5.32 Å². The normalized spacial score (nSPS) is 27.0. The average Bonchev–Trinajstić information content (AvgIpc) is 3.19. The molecule has 0 radical (unpaired) electrons. The molecule has 9 heteroatoms. The second-order valence-electron chi connectivity index (χ2n) is 8.31. The van der Waals surface area contributed by atoms with Gasteiger partial charge in [-0.25, -0.2) is 4.68 Å². The van der Waals surface area contributed by atoms with E-state index in [0.717, 1.165) is 64.1 Å². The van der Waals surface area contributed by atoms with E-state index in [0.29, 0.717) is 11.7 Å². The van der Waals surface area contributed by atoms with Crippen LogP contribution in [0.3, 0.4) is 0 Å². The Bertz CT molecular complexity index is 605. The Hall–Kier alpha value is -0.890. The van der Waals surface area contributed by atoms with Crippen molar-refractivity contribution in [1.82, 2.24) is 30.1 Å². The van der Waals surface area contributed by atoms with Crippen LogP contribution in [0.4, 0.5) is 0 Å². The lowest BCUT2D eigenvalue weighted by molar-refractivity contribution is 0.0497. The van der Waals surface area contributed by atoms with Crippen molar-refractivity contribution < 1.29 is 4.79 Å². The summed E-state index contributed by atoms with van der Waals surface area (Å²) in [5, 5.41) is 11.8. The Kier molecular flexibility index (Phi) is 8.99. The van der Waals surface area contributed by atoms with Crippen LogP contribution in [0.15, 0.2) is 6.20 Å². The molecule has 3 aliphatic rings. The van der Waals surface area contributed by atoms with Crippen molar-refractivity contribution in [3.63, 3.8) is 0 Å². The first kappa shape index (κ1) is 23.4. The summed E-state index contributed by atoms with van der Waals surface area (Å²) in [4.78, 5) is 17.4. The van der Waals surface area contributed by atoms with Crippen LogP contribution in [0.2, 0.25) is 0 Å². The Morgan fingerprint density at radius 2 is 1.61 bits per heavy atom. The van der Waals surface area contributed by atoms with E-state index < -0.39 is 0 Å². The third-order valence-electron chi connectivity index (χ3n) is 6.52. The molecule has 1 aliphatic carbocycles. The highest BCUT2D eigenvalue weighted by Crippen LogP contribution is 2.27. The molecule has 0 unspecified atom stereocenters. The van der Waals surface area contributed by atoms with Crippen molar-refractivity contribution in [1.29, 1.82) is 0 Å². The first-order chi connectivity index (χ1) is 12.7. The van der Waals surface area contributed by atoms with Gasteiger partial charge in [0.25, 0.3) is 5.91 Å². The summed E-state index contributed by atoms with van der Waals surface area (Å²) in [6.45, 7) is 7.99. The molecule has 2 saturated heterocycles. The Morgan fingerprint density at radius 3 is 2.25 bits per heavy atom. The minimum atomic E-state index is 0. The molecule has 0 aromatic carbocycles. The Labute approximate surface area is 180 Å². The highest BCUT2D eigenvalue weighted by molar-refractivity contribution is 5.92. The maximum Gasteiger partial charge on any atom is 0.276 e. The molecular weight excluding hydrogens is 399 g/mol. The van der Waals surface area contributed by atoms with Crippen molar-refractivity contribution in [2.24, 2.45) is 5.92 Å². The molecule has 3 heterocycles. The fourth-order valence-corrected chi connectivity index (χ4v) is 4.68. The van der Waals surface area contributed by atoms with Gasteiger partial charge >= 0.3 is 0 Å². The maximum absolute atomic E-state index is 12.8. The fraction of sp³-hybridized carbons (Fsp3) is 0.842. The van der Waals surface area contributed by atoms with Gasteiger partial charge in [0.1, 0.15) is 0 Å². The van der Waals surface area contributed by atoms with E-state index >= 15 is 0 Å². The van der Waals surface area contributed by atoms with E-state index in [1.165, 1.54) is 25.7 Å².